The zero-order valence-corrected chi connectivity index (χ0v) is 12.1. The van der Waals surface area contributed by atoms with Gasteiger partial charge in [-0.05, 0) is 54.9 Å². The van der Waals surface area contributed by atoms with Gasteiger partial charge in [0.1, 0.15) is 0 Å². The topological polar surface area (TPSA) is 20.2 Å². The Hall–Kier alpha value is 0.310. The second-order valence-corrected chi connectivity index (χ2v) is 7.20. The Labute approximate surface area is 111 Å². The Morgan fingerprint density at radius 2 is 1.82 bits per heavy atom. The van der Waals surface area contributed by atoms with E-state index in [2.05, 4.69) is 18.7 Å². The second kappa shape index (κ2) is 7.04. The van der Waals surface area contributed by atoms with E-state index in [1.165, 1.54) is 56.5 Å². The first-order valence-corrected chi connectivity index (χ1v) is 8.72. The summed E-state index contributed by atoms with van der Waals surface area (Å²) in [7, 11) is 0. The van der Waals surface area contributed by atoms with E-state index in [0.717, 1.165) is 18.3 Å². The lowest BCUT2D eigenvalue weighted by Gasteiger charge is -2.36. The molecule has 17 heavy (non-hydrogen) atoms. The Balaban J connectivity index is 1.82. The average Bonchev–Trinajstić information content (AvgIpc) is 2.40. The minimum absolute atomic E-state index is 0.00616. The van der Waals surface area contributed by atoms with Crippen molar-refractivity contribution in [1.29, 1.82) is 0 Å². The van der Waals surface area contributed by atoms with Gasteiger partial charge in [0, 0.05) is 0 Å². The number of thioether (sulfide) groups is 1. The van der Waals surface area contributed by atoms with Gasteiger partial charge in [0.05, 0.1) is 6.10 Å². The third kappa shape index (κ3) is 3.89. The van der Waals surface area contributed by atoms with E-state index in [0.29, 0.717) is 5.92 Å². The van der Waals surface area contributed by atoms with Crippen LogP contribution < -0.4 is 0 Å². The molecule has 0 spiro atoms. The van der Waals surface area contributed by atoms with Crippen LogP contribution in [0.25, 0.3) is 0 Å². The van der Waals surface area contributed by atoms with Crippen LogP contribution in [0.5, 0.6) is 0 Å². The van der Waals surface area contributed by atoms with E-state index in [-0.39, 0.29) is 6.10 Å². The SMILES string of the molecule is CCC1CCCCC1C(O)CC1CCSCC1. The molecule has 0 aromatic heterocycles. The molecule has 0 aromatic rings. The normalized spacial score (nSPS) is 33.5. The van der Waals surface area contributed by atoms with Crippen molar-refractivity contribution in [3.63, 3.8) is 0 Å². The largest absolute Gasteiger partial charge is 0.393 e. The van der Waals surface area contributed by atoms with Crippen LogP contribution in [-0.4, -0.2) is 22.7 Å². The fourth-order valence-electron chi connectivity index (χ4n) is 3.75. The molecule has 1 saturated carbocycles. The molecule has 3 unspecified atom stereocenters. The fourth-order valence-corrected chi connectivity index (χ4v) is 4.95. The smallest absolute Gasteiger partial charge is 0.0573 e. The number of aliphatic hydroxyl groups excluding tert-OH is 1. The molecule has 0 amide bonds. The van der Waals surface area contributed by atoms with Crippen molar-refractivity contribution in [2.75, 3.05) is 11.5 Å². The van der Waals surface area contributed by atoms with Crippen molar-refractivity contribution in [3.8, 4) is 0 Å². The van der Waals surface area contributed by atoms with Crippen molar-refractivity contribution < 1.29 is 5.11 Å². The van der Waals surface area contributed by atoms with Crippen LogP contribution in [0.15, 0.2) is 0 Å². The van der Waals surface area contributed by atoms with Gasteiger partial charge in [0.25, 0.3) is 0 Å². The summed E-state index contributed by atoms with van der Waals surface area (Å²) in [6.45, 7) is 2.30. The predicted molar refractivity (Wildman–Crippen MR) is 76.4 cm³/mol. The highest BCUT2D eigenvalue weighted by atomic mass is 32.2. The van der Waals surface area contributed by atoms with Crippen LogP contribution in [-0.2, 0) is 0 Å². The Morgan fingerprint density at radius 3 is 2.53 bits per heavy atom. The van der Waals surface area contributed by atoms with E-state index in [1.54, 1.807) is 0 Å². The molecule has 2 heteroatoms. The molecular weight excluding hydrogens is 228 g/mol. The van der Waals surface area contributed by atoms with Gasteiger partial charge in [-0.3, -0.25) is 0 Å². The summed E-state index contributed by atoms with van der Waals surface area (Å²) < 4.78 is 0. The lowest BCUT2D eigenvalue weighted by molar-refractivity contribution is 0.0275. The standard InChI is InChI=1S/C15H28OS/c1-2-13-5-3-4-6-14(13)15(16)11-12-7-9-17-10-8-12/h12-16H,2-11H2,1H3. The van der Waals surface area contributed by atoms with Gasteiger partial charge >= 0.3 is 0 Å². The molecule has 2 rings (SSSR count). The van der Waals surface area contributed by atoms with E-state index in [9.17, 15) is 5.11 Å². The number of rotatable bonds is 4. The summed E-state index contributed by atoms with van der Waals surface area (Å²) in [5.41, 5.74) is 0. The third-order valence-corrected chi connectivity index (χ3v) is 5.95. The van der Waals surface area contributed by atoms with Crippen LogP contribution in [0, 0.1) is 17.8 Å². The molecule has 1 nitrogen and oxygen atoms in total. The summed E-state index contributed by atoms with van der Waals surface area (Å²) in [6.07, 6.45) is 10.4. The lowest BCUT2D eigenvalue weighted by Crippen LogP contribution is -2.32. The lowest BCUT2D eigenvalue weighted by atomic mass is 9.73. The first kappa shape index (κ1) is 13.7. The van der Waals surface area contributed by atoms with Crippen molar-refractivity contribution in [2.24, 2.45) is 17.8 Å². The van der Waals surface area contributed by atoms with Crippen molar-refractivity contribution in [1.82, 2.24) is 0 Å². The molecule has 1 aliphatic heterocycles. The fraction of sp³-hybridized carbons (Fsp3) is 1.00. The molecule has 2 aliphatic rings. The van der Waals surface area contributed by atoms with E-state index < -0.39 is 0 Å². The minimum Gasteiger partial charge on any atom is -0.393 e. The molecule has 1 saturated heterocycles. The van der Waals surface area contributed by atoms with Crippen LogP contribution in [0.3, 0.4) is 0 Å². The van der Waals surface area contributed by atoms with Crippen molar-refractivity contribution in [2.45, 2.75) is 64.4 Å². The number of hydrogen-bond acceptors (Lipinski definition) is 2. The van der Waals surface area contributed by atoms with Crippen molar-refractivity contribution in [3.05, 3.63) is 0 Å². The Bertz CT molecular complexity index is 213. The summed E-state index contributed by atoms with van der Waals surface area (Å²) in [5.74, 6) is 4.86. The molecule has 100 valence electrons. The molecule has 0 aromatic carbocycles. The van der Waals surface area contributed by atoms with Crippen LogP contribution >= 0.6 is 11.8 Å². The highest BCUT2D eigenvalue weighted by Crippen LogP contribution is 2.37. The predicted octanol–water partition coefficient (Wildman–Crippen LogP) is 4.10. The summed E-state index contributed by atoms with van der Waals surface area (Å²) in [6, 6.07) is 0. The van der Waals surface area contributed by atoms with Gasteiger partial charge in [-0.15, -0.1) is 0 Å². The van der Waals surface area contributed by atoms with Gasteiger partial charge in [0.15, 0.2) is 0 Å². The highest BCUT2D eigenvalue weighted by Gasteiger charge is 2.31. The third-order valence-electron chi connectivity index (χ3n) is 4.90. The molecule has 2 fully saturated rings. The monoisotopic (exact) mass is 256 g/mol. The molecule has 0 bridgehead atoms. The maximum atomic E-state index is 10.5. The molecular formula is C15H28OS. The van der Waals surface area contributed by atoms with Crippen LogP contribution in [0.4, 0.5) is 0 Å². The second-order valence-electron chi connectivity index (χ2n) is 5.98. The summed E-state index contributed by atoms with van der Waals surface area (Å²) >= 11 is 2.08. The zero-order valence-electron chi connectivity index (χ0n) is 11.2. The maximum Gasteiger partial charge on any atom is 0.0573 e. The quantitative estimate of drug-likeness (QED) is 0.817. The zero-order chi connectivity index (χ0) is 12.1. The molecule has 3 atom stereocenters. The molecule has 0 radical (unpaired) electrons. The molecule has 1 N–H and O–H groups in total. The van der Waals surface area contributed by atoms with Gasteiger partial charge in [-0.2, -0.15) is 11.8 Å². The van der Waals surface area contributed by atoms with Gasteiger partial charge in [-0.25, -0.2) is 0 Å². The number of hydrogen-bond donors (Lipinski definition) is 1. The van der Waals surface area contributed by atoms with Crippen LogP contribution in [0.1, 0.15) is 58.3 Å². The Kier molecular flexibility index (Phi) is 5.68. The van der Waals surface area contributed by atoms with Gasteiger partial charge < -0.3 is 5.11 Å². The first-order chi connectivity index (χ1) is 8.31. The average molecular weight is 256 g/mol. The van der Waals surface area contributed by atoms with Crippen molar-refractivity contribution >= 4 is 11.8 Å². The van der Waals surface area contributed by atoms with E-state index in [4.69, 9.17) is 0 Å². The van der Waals surface area contributed by atoms with Crippen LogP contribution in [0.2, 0.25) is 0 Å². The van der Waals surface area contributed by atoms with E-state index >= 15 is 0 Å². The highest BCUT2D eigenvalue weighted by molar-refractivity contribution is 7.99. The Morgan fingerprint density at radius 1 is 1.12 bits per heavy atom. The molecule has 1 heterocycles. The summed E-state index contributed by atoms with van der Waals surface area (Å²) in [4.78, 5) is 0. The van der Waals surface area contributed by atoms with E-state index in [1.807, 2.05) is 0 Å². The van der Waals surface area contributed by atoms with Gasteiger partial charge in [0.2, 0.25) is 0 Å². The summed E-state index contributed by atoms with van der Waals surface area (Å²) in [5, 5.41) is 10.5. The minimum atomic E-state index is -0.00616. The van der Waals surface area contributed by atoms with Gasteiger partial charge in [-0.1, -0.05) is 32.6 Å². The number of aliphatic hydroxyl groups is 1. The maximum absolute atomic E-state index is 10.5. The molecule has 1 aliphatic carbocycles. The first-order valence-electron chi connectivity index (χ1n) is 7.57.